The molecule has 0 heterocycles. The van der Waals surface area contributed by atoms with Crippen LogP contribution in [0.25, 0.3) is 0 Å². The van der Waals surface area contributed by atoms with E-state index in [1.807, 2.05) is 19.1 Å². The van der Waals surface area contributed by atoms with Gasteiger partial charge in [-0.1, -0.05) is 23.4 Å². The second kappa shape index (κ2) is 5.02. The standard InChI is InChI=1S/C9H9BrO2.CH4/c1-6-5-7(10)3-4-8(6)9(11)12-2;/h3-5H,1-2H3;1H4. The van der Waals surface area contributed by atoms with E-state index in [1.165, 1.54) is 7.11 Å². The number of aryl methyl sites for hydroxylation is 1. The van der Waals surface area contributed by atoms with Crippen LogP contribution in [0.15, 0.2) is 22.7 Å². The van der Waals surface area contributed by atoms with Crippen LogP contribution in [0.1, 0.15) is 23.3 Å². The van der Waals surface area contributed by atoms with Gasteiger partial charge in [0.2, 0.25) is 0 Å². The number of rotatable bonds is 1. The van der Waals surface area contributed by atoms with Crippen molar-refractivity contribution in [2.75, 3.05) is 7.11 Å². The van der Waals surface area contributed by atoms with Crippen molar-refractivity contribution in [1.82, 2.24) is 0 Å². The monoisotopic (exact) mass is 244 g/mol. The first-order valence-corrected chi connectivity index (χ1v) is 4.29. The second-order valence-electron chi connectivity index (χ2n) is 2.45. The molecule has 1 aromatic carbocycles. The van der Waals surface area contributed by atoms with Crippen LogP contribution in [0.2, 0.25) is 0 Å². The summed E-state index contributed by atoms with van der Waals surface area (Å²) in [5, 5.41) is 0. The fraction of sp³-hybridized carbons (Fsp3) is 0.300. The molecule has 0 N–H and O–H groups in total. The summed E-state index contributed by atoms with van der Waals surface area (Å²) in [4.78, 5) is 11.1. The second-order valence-corrected chi connectivity index (χ2v) is 3.37. The lowest BCUT2D eigenvalue weighted by atomic mass is 10.1. The molecule has 0 aliphatic rings. The van der Waals surface area contributed by atoms with Gasteiger partial charge in [-0.05, 0) is 30.7 Å². The number of hydrogen-bond acceptors (Lipinski definition) is 2. The summed E-state index contributed by atoms with van der Waals surface area (Å²) in [5.41, 5.74) is 1.52. The Kier molecular flexibility index (Phi) is 4.70. The van der Waals surface area contributed by atoms with Crippen LogP contribution in [0, 0.1) is 6.92 Å². The Labute approximate surface area is 87.0 Å². The van der Waals surface area contributed by atoms with Crippen molar-refractivity contribution >= 4 is 21.9 Å². The summed E-state index contributed by atoms with van der Waals surface area (Å²) in [6, 6.07) is 5.44. The molecule has 0 aromatic heterocycles. The highest BCUT2D eigenvalue weighted by atomic mass is 79.9. The lowest BCUT2D eigenvalue weighted by Crippen LogP contribution is -2.03. The fourth-order valence-electron chi connectivity index (χ4n) is 0.966. The average molecular weight is 245 g/mol. The smallest absolute Gasteiger partial charge is 0.338 e. The maximum atomic E-state index is 11.1. The fourth-order valence-corrected chi connectivity index (χ4v) is 1.44. The molecule has 72 valence electrons. The Morgan fingerprint density at radius 3 is 2.54 bits per heavy atom. The average Bonchev–Trinajstić information content (AvgIpc) is 2.03. The molecule has 3 heteroatoms. The van der Waals surface area contributed by atoms with Crippen molar-refractivity contribution in [3.63, 3.8) is 0 Å². The molecule has 1 rings (SSSR count). The van der Waals surface area contributed by atoms with E-state index >= 15 is 0 Å². The molecule has 0 amide bonds. The largest absolute Gasteiger partial charge is 0.465 e. The van der Waals surface area contributed by atoms with Gasteiger partial charge in [-0.25, -0.2) is 4.79 Å². The van der Waals surface area contributed by atoms with E-state index in [1.54, 1.807) is 6.07 Å². The highest BCUT2D eigenvalue weighted by Gasteiger charge is 2.07. The van der Waals surface area contributed by atoms with E-state index in [-0.39, 0.29) is 13.4 Å². The normalized spacial score (nSPS) is 8.85. The van der Waals surface area contributed by atoms with Gasteiger partial charge in [0.25, 0.3) is 0 Å². The molecule has 0 saturated heterocycles. The molecule has 0 aliphatic carbocycles. The Morgan fingerprint density at radius 1 is 1.46 bits per heavy atom. The molecular weight excluding hydrogens is 232 g/mol. The first kappa shape index (κ1) is 12.2. The van der Waals surface area contributed by atoms with E-state index in [4.69, 9.17) is 0 Å². The maximum absolute atomic E-state index is 11.1. The van der Waals surface area contributed by atoms with Crippen molar-refractivity contribution in [2.45, 2.75) is 14.4 Å². The number of methoxy groups -OCH3 is 1. The quantitative estimate of drug-likeness (QED) is 0.710. The number of carbonyl (C=O) groups excluding carboxylic acids is 1. The molecule has 0 saturated carbocycles. The minimum Gasteiger partial charge on any atom is -0.465 e. The topological polar surface area (TPSA) is 26.3 Å². The van der Waals surface area contributed by atoms with Crippen molar-refractivity contribution < 1.29 is 9.53 Å². The number of ether oxygens (including phenoxy) is 1. The lowest BCUT2D eigenvalue weighted by molar-refractivity contribution is 0.0600. The van der Waals surface area contributed by atoms with Gasteiger partial charge in [-0.15, -0.1) is 0 Å². The highest BCUT2D eigenvalue weighted by molar-refractivity contribution is 9.10. The van der Waals surface area contributed by atoms with Gasteiger partial charge in [0.15, 0.2) is 0 Å². The van der Waals surface area contributed by atoms with Gasteiger partial charge in [-0.3, -0.25) is 0 Å². The van der Waals surface area contributed by atoms with Crippen molar-refractivity contribution in [2.24, 2.45) is 0 Å². The SMILES string of the molecule is C.COC(=O)c1ccc(Br)cc1C. The third-order valence-corrected chi connectivity index (χ3v) is 2.09. The van der Waals surface area contributed by atoms with Crippen LogP contribution >= 0.6 is 15.9 Å². The minimum absolute atomic E-state index is 0. The van der Waals surface area contributed by atoms with Crippen LogP contribution < -0.4 is 0 Å². The summed E-state index contributed by atoms with van der Waals surface area (Å²) >= 11 is 3.32. The zero-order valence-corrected chi connectivity index (χ0v) is 8.51. The molecule has 0 unspecified atom stereocenters. The number of carbonyl (C=O) groups is 1. The first-order chi connectivity index (χ1) is 5.65. The van der Waals surface area contributed by atoms with Crippen molar-refractivity contribution in [1.29, 1.82) is 0 Å². The summed E-state index contributed by atoms with van der Waals surface area (Å²) in [6.07, 6.45) is 0. The number of benzene rings is 1. The molecular formula is C10H13BrO2. The molecule has 13 heavy (non-hydrogen) atoms. The molecule has 2 nitrogen and oxygen atoms in total. The number of hydrogen-bond donors (Lipinski definition) is 0. The van der Waals surface area contributed by atoms with E-state index in [9.17, 15) is 4.79 Å². The Morgan fingerprint density at radius 2 is 2.08 bits per heavy atom. The molecule has 0 aliphatic heterocycles. The summed E-state index contributed by atoms with van der Waals surface area (Å²) in [7, 11) is 1.38. The van der Waals surface area contributed by atoms with Gasteiger partial charge >= 0.3 is 5.97 Å². The van der Waals surface area contributed by atoms with Gasteiger partial charge in [0.1, 0.15) is 0 Å². The van der Waals surface area contributed by atoms with Crippen LogP contribution in [0.4, 0.5) is 0 Å². The van der Waals surface area contributed by atoms with Crippen LogP contribution in [-0.2, 0) is 4.74 Å². The van der Waals surface area contributed by atoms with Crippen molar-refractivity contribution in [3.8, 4) is 0 Å². The number of halogens is 1. The van der Waals surface area contributed by atoms with E-state index < -0.39 is 0 Å². The molecule has 0 radical (unpaired) electrons. The molecule has 0 atom stereocenters. The lowest BCUT2D eigenvalue weighted by Gasteiger charge is -2.02. The van der Waals surface area contributed by atoms with Crippen molar-refractivity contribution in [3.05, 3.63) is 33.8 Å². The zero-order valence-electron chi connectivity index (χ0n) is 6.93. The van der Waals surface area contributed by atoms with Gasteiger partial charge in [0, 0.05) is 4.47 Å². The zero-order chi connectivity index (χ0) is 9.14. The van der Waals surface area contributed by atoms with Gasteiger partial charge in [0.05, 0.1) is 12.7 Å². The molecule has 0 spiro atoms. The molecule has 0 fully saturated rings. The third kappa shape index (κ3) is 2.84. The van der Waals surface area contributed by atoms with E-state index in [0.717, 1.165) is 10.0 Å². The van der Waals surface area contributed by atoms with E-state index in [0.29, 0.717) is 5.56 Å². The predicted molar refractivity (Wildman–Crippen MR) is 56.9 cm³/mol. The minimum atomic E-state index is -0.292. The highest BCUT2D eigenvalue weighted by Crippen LogP contribution is 2.16. The van der Waals surface area contributed by atoms with Gasteiger partial charge < -0.3 is 4.74 Å². The summed E-state index contributed by atoms with van der Waals surface area (Å²) < 4.78 is 5.57. The third-order valence-electron chi connectivity index (χ3n) is 1.59. The van der Waals surface area contributed by atoms with E-state index in [2.05, 4.69) is 20.7 Å². The van der Waals surface area contributed by atoms with Crippen LogP contribution in [-0.4, -0.2) is 13.1 Å². The molecule has 0 bridgehead atoms. The Hall–Kier alpha value is -0.830. The Balaban J connectivity index is 0.00000144. The Bertz CT molecular complexity index is 308. The predicted octanol–water partition coefficient (Wildman–Crippen LogP) is 3.18. The summed E-state index contributed by atoms with van der Waals surface area (Å²) in [6.45, 7) is 1.87. The van der Waals surface area contributed by atoms with Crippen LogP contribution in [0.3, 0.4) is 0 Å². The summed E-state index contributed by atoms with van der Waals surface area (Å²) in [5.74, 6) is -0.292. The molecule has 1 aromatic rings. The van der Waals surface area contributed by atoms with Crippen LogP contribution in [0.5, 0.6) is 0 Å². The number of esters is 1. The van der Waals surface area contributed by atoms with Gasteiger partial charge in [-0.2, -0.15) is 0 Å². The first-order valence-electron chi connectivity index (χ1n) is 3.49. The maximum Gasteiger partial charge on any atom is 0.338 e.